The molecule has 0 amide bonds. The molecule has 2 aromatic rings. The maximum atomic E-state index is 14.5. The first-order chi connectivity index (χ1) is 11.2. The van der Waals surface area contributed by atoms with Gasteiger partial charge in [-0.1, -0.05) is 52.8 Å². The van der Waals surface area contributed by atoms with Crippen molar-refractivity contribution in [1.82, 2.24) is 0 Å². The molecule has 2 rings (SSSR count). The number of hydrogen-bond acceptors (Lipinski definition) is 1. The van der Waals surface area contributed by atoms with Gasteiger partial charge in [-0.25, -0.2) is 4.39 Å². The Morgan fingerprint density at radius 1 is 1.00 bits per heavy atom. The number of methoxy groups -OCH3 is 1. The van der Waals surface area contributed by atoms with Gasteiger partial charge >= 0.3 is 0 Å². The topological polar surface area (TPSA) is 9.23 Å². The monoisotopic (exact) mass is 328 g/mol. The molecule has 0 unspecified atom stereocenters. The van der Waals surface area contributed by atoms with Crippen molar-refractivity contribution in [1.29, 1.82) is 0 Å². The number of ether oxygens (including phenoxy) is 1. The minimum absolute atomic E-state index is 0.139. The van der Waals surface area contributed by atoms with Gasteiger partial charge in [0.25, 0.3) is 0 Å². The van der Waals surface area contributed by atoms with E-state index in [1.54, 1.807) is 19.2 Å². The molecule has 0 fully saturated rings. The summed E-state index contributed by atoms with van der Waals surface area (Å²) < 4.78 is 19.7. The second-order valence-electron chi connectivity index (χ2n) is 8.17. The van der Waals surface area contributed by atoms with Crippen molar-refractivity contribution >= 4 is 0 Å². The molecule has 24 heavy (non-hydrogen) atoms. The van der Waals surface area contributed by atoms with Crippen LogP contribution in [0.25, 0.3) is 11.1 Å². The summed E-state index contributed by atoms with van der Waals surface area (Å²) in [5.74, 6) is 1.08. The van der Waals surface area contributed by atoms with Crippen molar-refractivity contribution in [2.24, 2.45) is 11.3 Å². The lowest BCUT2D eigenvalue weighted by Gasteiger charge is -2.22. The van der Waals surface area contributed by atoms with E-state index in [1.807, 2.05) is 0 Å². The molecule has 0 heterocycles. The summed E-state index contributed by atoms with van der Waals surface area (Å²) in [7, 11) is 1.61. The molecule has 2 aromatic carbocycles. The molecule has 130 valence electrons. The summed E-state index contributed by atoms with van der Waals surface area (Å²) in [5.41, 5.74) is 4.24. The third-order valence-corrected chi connectivity index (χ3v) is 4.00. The zero-order chi connectivity index (χ0) is 17.9. The quantitative estimate of drug-likeness (QED) is 0.627. The lowest BCUT2D eigenvalue weighted by molar-refractivity contribution is 0.411. The van der Waals surface area contributed by atoms with E-state index >= 15 is 0 Å². The standard InChI is InChI=1S/C22H29FO/c1-15(2)11-16-7-9-19(17(12-16)14-22(3,4)5)20-13-18(24-6)8-10-21(20)23/h7-10,12-13,15H,11,14H2,1-6H3. The van der Waals surface area contributed by atoms with E-state index in [-0.39, 0.29) is 11.2 Å². The fourth-order valence-electron chi connectivity index (χ4n) is 3.06. The van der Waals surface area contributed by atoms with E-state index < -0.39 is 0 Å². The maximum absolute atomic E-state index is 14.5. The highest BCUT2D eigenvalue weighted by molar-refractivity contribution is 5.70. The van der Waals surface area contributed by atoms with Crippen LogP contribution in [0.1, 0.15) is 45.7 Å². The highest BCUT2D eigenvalue weighted by Gasteiger charge is 2.18. The summed E-state index contributed by atoms with van der Waals surface area (Å²) in [6.45, 7) is 11.1. The SMILES string of the molecule is COc1ccc(F)c(-c2ccc(CC(C)C)cc2CC(C)(C)C)c1. The van der Waals surface area contributed by atoms with Gasteiger partial charge in [-0.2, -0.15) is 0 Å². The third-order valence-electron chi connectivity index (χ3n) is 4.00. The van der Waals surface area contributed by atoms with Crippen LogP contribution in [-0.4, -0.2) is 7.11 Å². The lowest BCUT2D eigenvalue weighted by atomic mass is 9.83. The first-order valence-corrected chi connectivity index (χ1v) is 8.65. The Bertz CT molecular complexity index is 696. The molecule has 0 radical (unpaired) electrons. The predicted octanol–water partition coefficient (Wildman–Crippen LogP) is 6.29. The first kappa shape index (κ1) is 18.5. The molecule has 0 saturated carbocycles. The summed E-state index contributed by atoms with van der Waals surface area (Å²) in [5, 5.41) is 0. The Morgan fingerprint density at radius 3 is 2.29 bits per heavy atom. The molecule has 1 nitrogen and oxygen atoms in total. The number of benzene rings is 2. The summed E-state index contributed by atoms with van der Waals surface area (Å²) >= 11 is 0. The Morgan fingerprint density at radius 2 is 1.71 bits per heavy atom. The van der Waals surface area contributed by atoms with Gasteiger partial charge in [-0.3, -0.25) is 0 Å². The number of rotatable bonds is 5. The first-order valence-electron chi connectivity index (χ1n) is 8.65. The third kappa shape index (κ3) is 4.83. The highest BCUT2D eigenvalue weighted by atomic mass is 19.1. The molecule has 0 aliphatic carbocycles. The van der Waals surface area contributed by atoms with Gasteiger partial charge in [0.2, 0.25) is 0 Å². The molecule has 2 heteroatoms. The Balaban J connectivity index is 2.55. The van der Waals surface area contributed by atoms with Gasteiger partial charge in [0.05, 0.1) is 7.11 Å². The molecule has 0 saturated heterocycles. The molecule has 0 atom stereocenters. The van der Waals surface area contributed by atoms with Crippen molar-refractivity contribution in [3.63, 3.8) is 0 Å². The van der Waals surface area contributed by atoms with Gasteiger partial charge < -0.3 is 4.74 Å². The predicted molar refractivity (Wildman–Crippen MR) is 100 cm³/mol. The normalized spacial score (nSPS) is 11.8. The van der Waals surface area contributed by atoms with Crippen molar-refractivity contribution in [2.75, 3.05) is 7.11 Å². The molecule has 0 aromatic heterocycles. The summed E-state index contributed by atoms with van der Waals surface area (Å²) in [6.07, 6.45) is 1.95. The smallest absolute Gasteiger partial charge is 0.131 e. The zero-order valence-corrected chi connectivity index (χ0v) is 15.7. The molecule has 0 bridgehead atoms. The Labute approximate surface area is 145 Å². The molecule has 0 aliphatic heterocycles. The maximum Gasteiger partial charge on any atom is 0.131 e. The average molecular weight is 328 g/mol. The largest absolute Gasteiger partial charge is 0.497 e. The second-order valence-corrected chi connectivity index (χ2v) is 8.17. The minimum Gasteiger partial charge on any atom is -0.497 e. The van der Waals surface area contributed by atoms with Crippen LogP contribution in [0.3, 0.4) is 0 Å². The summed E-state index contributed by atoms with van der Waals surface area (Å²) in [6, 6.07) is 11.4. The lowest BCUT2D eigenvalue weighted by Crippen LogP contribution is -2.11. The van der Waals surface area contributed by atoms with Crippen LogP contribution in [0.2, 0.25) is 0 Å². The van der Waals surface area contributed by atoms with Crippen molar-refractivity contribution in [3.8, 4) is 16.9 Å². The number of hydrogen-bond donors (Lipinski definition) is 0. The van der Waals surface area contributed by atoms with Crippen LogP contribution in [0.4, 0.5) is 4.39 Å². The van der Waals surface area contributed by atoms with Crippen LogP contribution in [-0.2, 0) is 12.8 Å². The average Bonchev–Trinajstić information content (AvgIpc) is 2.46. The van der Waals surface area contributed by atoms with E-state index in [2.05, 4.69) is 52.8 Å². The molecule has 0 spiro atoms. The molecular formula is C22H29FO. The van der Waals surface area contributed by atoms with E-state index in [4.69, 9.17) is 4.74 Å². The van der Waals surface area contributed by atoms with Crippen molar-refractivity contribution < 1.29 is 9.13 Å². The second kappa shape index (κ2) is 7.38. The fraction of sp³-hybridized carbons (Fsp3) is 0.455. The molecule has 0 aliphatic rings. The zero-order valence-electron chi connectivity index (χ0n) is 15.7. The van der Waals surface area contributed by atoms with Gasteiger partial charge in [0.15, 0.2) is 0 Å². The van der Waals surface area contributed by atoms with Gasteiger partial charge in [0.1, 0.15) is 11.6 Å². The Kier molecular flexibility index (Phi) is 5.69. The van der Waals surface area contributed by atoms with E-state index in [0.717, 1.165) is 18.4 Å². The van der Waals surface area contributed by atoms with E-state index in [9.17, 15) is 4.39 Å². The summed E-state index contributed by atoms with van der Waals surface area (Å²) in [4.78, 5) is 0. The van der Waals surface area contributed by atoms with Crippen molar-refractivity contribution in [2.45, 2.75) is 47.5 Å². The van der Waals surface area contributed by atoms with Gasteiger partial charge in [-0.05, 0) is 59.1 Å². The van der Waals surface area contributed by atoms with Gasteiger partial charge in [-0.15, -0.1) is 0 Å². The van der Waals surface area contributed by atoms with Crippen LogP contribution in [0.15, 0.2) is 36.4 Å². The molecular weight excluding hydrogens is 299 g/mol. The van der Waals surface area contributed by atoms with Gasteiger partial charge in [0, 0.05) is 5.56 Å². The number of halogens is 1. The van der Waals surface area contributed by atoms with Crippen LogP contribution in [0.5, 0.6) is 5.75 Å². The van der Waals surface area contributed by atoms with Crippen LogP contribution < -0.4 is 4.74 Å². The van der Waals surface area contributed by atoms with E-state index in [0.29, 0.717) is 17.2 Å². The fourth-order valence-corrected chi connectivity index (χ4v) is 3.06. The highest BCUT2D eigenvalue weighted by Crippen LogP contribution is 2.34. The van der Waals surface area contributed by atoms with Crippen LogP contribution >= 0.6 is 0 Å². The van der Waals surface area contributed by atoms with E-state index in [1.165, 1.54) is 17.2 Å². The van der Waals surface area contributed by atoms with Crippen molar-refractivity contribution in [3.05, 3.63) is 53.3 Å². The minimum atomic E-state index is -0.206. The Hall–Kier alpha value is -1.83. The molecule has 0 N–H and O–H groups in total. The van der Waals surface area contributed by atoms with Crippen LogP contribution in [0, 0.1) is 17.2 Å².